The van der Waals surface area contributed by atoms with Gasteiger partial charge in [-0.1, -0.05) is 6.92 Å². The number of fused-ring (bicyclic) bond motifs is 1. The number of thiophene rings is 1. The molecule has 0 radical (unpaired) electrons. The lowest BCUT2D eigenvalue weighted by molar-refractivity contribution is 0.0955. The van der Waals surface area contributed by atoms with Crippen molar-refractivity contribution in [1.82, 2.24) is 20.1 Å². The number of amides is 1. The largest absolute Gasteiger partial charge is 0.352 e. The number of carbonyl (C=O) groups is 1. The van der Waals surface area contributed by atoms with Gasteiger partial charge in [-0.2, -0.15) is 5.10 Å². The number of rotatable bonds is 5. The first-order valence-corrected chi connectivity index (χ1v) is 9.06. The van der Waals surface area contributed by atoms with Crippen molar-refractivity contribution in [2.45, 2.75) is 40.2 Å². The Morgan fingerprint density at radius 3 is 2.79 bits per heavy atom. The summed E-state index contributed by atoms with van der Waals surface area (Å²) in [5, 5.41) is 8.20. The van der Waals surface area contributed by atoms with E-state index in [0.717, 1.165) is 28.0 Å². The van der Waals surface area contributed by atoms with E-state index in [4.69, 9.17) is 4.98 Å². The van der Waals surface area contributed by atoms with E-state index in [0.29, 0.717) is 12.1 Å². The maximum atomic E-state index is 12.6. The highest BCUT2D eigenvalue weighted by Crippen LogP contribution is 2.30. The van der Waals surface area contributed by atoms with Crippen LogP contribution in [-0.2, 0) is 0 Å². The van der Waals surface area contributed by atoms with Crippen molar-refractivity contribution in [3.05, 3.63) is 34.8 Å². The molecule has 0 saturated heterocycles. The standard InChI is InChI=1S/C18H22N4OS/c1-5-8-19-18(23)13-9-15(16-7-6-12(4)24-16)21-17-14(13)10-20-22(17)11(2)3/h6-7,9-11H,5,8H2,1-4H3,(H,19,23). The molecule has 0 unspecified atom stereocenters. The first-order chi connectivity index (χ1) is 11.5. The quantitative estimate of drug-likeness (QED) is 0.756. The van der Waals surface area contributed by atoms with Crippen molar-refractivity contribution in [3.8, 4) is 10.6 Å². The Morgan fingerprint density at radius 1 is 1.38 bits per heavy atom. The maximum absolute atomic E-state index is 12.6. The molecule has 1 N–H and O–H groups in total. The molecule has 126 valence electrons. The van der Waals surface area contributed by atoms with E-state index < -0.39 is 0 Å². The molecular formula is C18H22N4OS. The molecule has 1 amide bonds. The minimum absolute atomic E-state index is 0.0675. The smallest absolute Gasteiger partial charge is 0.252 e. The van der Waals surface area contributed by atoms with Crippen LogP contribution in [0.3, 0.4) is 0 Å². The highest BCUT2D eigenvalue weighted by Gasteiger charge is 2.18. The Kier molecular flexibility index (Phi) is 4.66. The molecule has 3 heterocycles. The van der Waals surface area contributed by atoms with Crippen molar-refractivity contribution in [1.29, 1.82) is 0 Å². The van der Waals surface area contributed by atoms with Gasteiger partial charge in [0.05, 0.1) is 27.7 Å². The molecular weight excluding hydrogens is 320 g/mol. The van der Waals surface area contributed by atoms with Crippen molar-refractivity contribution in [2.75, 3.05) is 6.54 Å². The van der Waals surface area contributed by atoms with E-state index in [9.17, 15) is 4.79 Å². The van der Waals surface area contributed by atoms with Crippen LogP contribution >= 0.6 is 11.3 Å². The van der Waals surface area contributed by atoms with E-state index in [1.54, 1.807) is 17.5 Å². The third kappa shape index (κ3) is 3.06. The van der Waals surface area contributed by atoms with Crippen molar-refractivity contribution < 1.29 is 4.79 Å². The lowest BCUT2D eigenvalue weighted by Gasteiger charge is -2.10. The maximum Gasteiger partial charge on any atom is 0.252 e. The van der Waals surface area contributed by atoms with Gasteiger partial charge in [0.25, 0.3) is 5.91 Å². The molecule has 24 heavy (non-hydrogen) atoms. The van der Waals surface area contributed by atoms with Crippen LogP contribution in [0.2, 0.25) is 0 Å². The molecule has 0 aliphatic carbocycles. The molecule has 3 aromatic rings. The summed E-state index contributed by atoms with van der Waals surface area (Å²) in [4.78, 5) is 19.7. The van der Waals surface area contributed by atoms with Gasteiger partial charge >= 0.3 is 0 Å². The Labute approximate surface area is 145 Å². The second kappa shape index (κ2) is 6.73. The van der Waals surface area contributed by atoms with Gasteiger partial charge in [-0.05, 0) is 45.4 Å². The highest BCUT2D eigenvalue weighted by atomic mass is 32.1. The summed E-state index contributed by atoms with van der Waals surface area (Å²) < 4.78 is 1.87. The summed E-state index contributed by atoms with van der Waals surface area (Å²) in [6, 6.07) is 6.19. The molecule has 3 rings (SSSR count). The number of nitrogens with one attached hydrogen (secondary N) is 1. The first-order valence-electron chi connectivity index (χ1n) is 8.24. The van der Waals surface area contributed by atoms with Crippen LogP contribution in [0.4, 0.5) is 0 Å². The van der Waals surface area contributed by atoms with Gasteiger partial charge < -0.3 is 5.32 Å². The number of carbonyl (C=O) groups excluding carboxylic acids is 1. The third-order valence-electron chi connectivity index (χ3n) is 3.83. The van der Waals surface area contributed by atoms with E-state index in [2.05, 4.69) is 43.3 Å². The lowest BCUT2D eigenvalue weighted by atomic mass is 10.1. The van der Waals surface area contributed by atoms with Gasteiger partial charge in [-0.25, -0.2) is 9.67 Å². The fraction of sp³-hybridized carbons (Fsp3) is 0.389. The van der Waals surface area contributed by atoms with E-state index in [1.165, 1.54) is 4.88 Å². The molecule has 0 aliphatic rings. The molecule has 3 aromatic heterocycles. The summed E-state index contributed by atoms with van der Waals surface area (Å²) in [5.74, 6) is -0.0675. The molecule has 0 fully saturated rings. The monoisotopic (exact) mass is 342 g/mol. The molecule has 0 spiro atoms. The summed E-state index contributed by atoms with van der Waals surface area (Å²) in [5.41, 5.74) is 2.22. The lowest BCUT2D eigenvalue weighted by Crippen LogP contribution is -2.24. The van der Waals surface area contributed by atoms with Crippen LogP contribution in [0.5, 0.6) is 0 Å². The molecule has 0 saturated carbocycles. The second-order valence-electron chi connectivity index (χ2n) is 6.14. The SMILES string of the molecule is CCCNC(=O)c1cc(-c2ccc(C)s2)nc2c1cnn2C(C)C. The predicted molar refractivity (Wildman–Crippen MR) is 98.6 cm³/mol. The minimum atomic E-state index is -0.0675. The zero-order valence-corrected chi connectivity index (χ0v) is 15.3. The number of nitrogens with zero attached hydrogens (tertiary/aromatic N) is 3. The minimum Gasteiger partial charge on any atom is -0.352 e. The van der Waals surface area contributed by atoms with Crippen LogP contribution in [0, 0.1) is 6.92 Å². The molecule has 5 nitrogen and oxygen atoms in total. The number of aryl methyl sites for hydroxylation is 1. The number of aromatic nitrogens is 3. The molecule has 6 heteroatoms. The molecule has 0 aliphatic heterocycles. The van der Waals surface area contributed by atoms with Crippen molar-refractivity contribution >= 4 is 28.3 Å². The van der Waals surface area contributed by atoms with Crippen molar-refractivity contribution in [2.24, 2.45) is 0 Å². The topological polar surface area (TPSA) is 59.8 Å². The van der Waals surface area contributed by atoms with Crippen LogP contribution in [0.15, 0.2) is 24.4 Å². The molecule has 0 bridgehead atoms. The van der Waals surface area contributed by atoms with E-state index in [1.807, 2.05) is 17.7 Å². The summed E-state index contributed by atoms with van der Waals surface area (Å²) >= 11 is 1.68. The number of hydrogen-bond donors (Lipinski definition) is 1. The van der Waals surface area contributed by atoms with Crippen LogP contribution in [0.25, 0.3) is 21.6 Å². The van der Waals surface area contributed by atoms with Gasteiger partial charge in [0.1, 0.15) is 0 Å². The molecule has 0 atom stereocenters. The second-order valence-corrected chi connectivity index (χ2v) is 7.43. The van der Waals surface area contributed by atoms with E-state index >= 15 is 0 Å². The normalized spacial score (nSPS) is 11.4. The fourth-order valence-electron chi connectivity index (χ4n) is 2.62. The summed E-state index contributed by atoms with van der Waals surface area (Å²) in [6.07, 6.45) is 2.65. The average molecular weight is 342 g/mol. The predicted octanol–water partition coefficient (Wildman–Crippen LogP) is 4.19. The average Bonchev–Trinajstić information content (AvgIpc) is 3.17. The zero-order valence-electron chi connectivity index (χ0n) is 14.5. The van der Waals surface area contributed by atoms with Gasteiger partial charge in [0, 0.05) is 17.5 Å². The van der Waals surface area contributed by atoms with Crippen LogP contribution in [-0.4, -0.2) is 27.2 Å². The van der Waals surface area contributed by atoms with E-state index in [-0.39, 0.29) is 11.9 Å². The summed E-state index contributed by atoms with van der Waals surface area (Å²) in [7, 11) is 0. The fourth-order valence-corrected chi connectivity index (χ4v) is 3.44. The Morgan fingerprint density at radius 2 is 2.17 bits per heavy atom. The van der Waals surface area contributed by atoms with Crippen molar-refractivity contribution in [3.63, 3.8) is 0 Å². The molecule has 0 aromatic carbocycles. The zero-order chi connectivity index (χ0) is 17.3. The summed E-state index contributed by atoms with van der Waals surface area (Å²) in [6.45, 7) is 8.90. The van der Waals surface area contributed by atoms with Gasteiger partial charge in [-0.3, -0.25) is 4.79 Å². The highest BCUT2D eigenvalue weighted by molar-refractivity contribution is 7.15. The Balaban J connectivity index is 2.19. The van der Waals surface area contributed by atoms with Gasteiger partial charge in [0.15, 0.2) is 5.65 Å². The van der Waals surface area contributed by atoms with Gasteiger partial charge in [0.2, 0.25) is 0 Å². The van der Waals surface area contributed by atoms with Crippen LogP contribution in [0.1, 0.15) is 48.5 Å². The first kappa shape index (κ1) is 16.6. The Hall–Kier alpha value is -2.21. The van der Waals surface area contributed by atoms with Gasteiger partial charge in [-0.15, -0.1) is 11.3 Å². The number of pyridine rings is 1. The Bertz CT molecular complexity index is 878. The van der Waals surface area contributed by atoms with Crippen LogP contribution < -0.4 is 5.32 Å². The number of hydrogen-bond acceptors (Lipinski definition) is 4. The third-order valence-corrected chi connectivity index (χ3v) is 4.85.